The van der Waals surface area contributed by atoms with Crippen LogP contribution < -0.4 is 10.2 Å². The Morgan fingerprint density at radius 2 is 2.16 bits per heavy atom. The topological polar surface area (TPSA) is 35.6 Å². The fourth-order valence-corrected chi connectivity index (χ4v) is 2.49. The van der Waals surface area contributed by atoms with Gasteiger partial charge in [-0.2, -0.15) is 0 Å². The monoisotopic (exact) mass is 261 g/mol. The summed E-state index contributed by atoms with van der Waals surface area (Å²) in [6, 6.07) is 10.3. The van der Waals surface area contributed by atoms with Crippen LogP contribution in [0.4, 0.5) is 5.69 Å². The SMILES string of the molecule is CCN(C(=O)CN1CCNCC1C)c1ccccc1. The molecule has 1 amide bonds. The number of nitrogens with one attached hydrogen (secondary N) is 1. The smallest absolute Gasteiger partial charge is 0.241 e. The van der Waals surface area contributed by atoms with E-state index in [1.165, 1.54) is 0 Å². The van der Waals surface area contributed by atoms with Crippen LogP contribution in [0.2, 0.25) is 0 Å². The summed E-state index contributed by atoms with van der Waals surface area (Å²) in [4.78, 5) is 16.6. The van der Waals surface area contributed by atoms with Crippen molar-refractivity contribution in [2.75, 3.05) is 37.6 Å². The Labute approximate surface area is 115 Å². The first-order chi connectivity index (χ1) is 9.22. The highest BCUT2D eigenvalue weighted by Crippen LogP contribution is 2.14. The van der Waals surface area contributed by atoms with E-state index < -0.39 is 0 Å². The molecule has 0 radical (unpaired) electrons. The summed E-state index contributed by atoms with van der Waals surface area (Å²) in [5.41, 5.74) is 0.984. The van der Waals surface area contributed by atoms with Crippen molar-refractivity contribution in [2.45, 2.75) is 19.9 Å². The van der Waals surface area contributed by atoms with Crippen molar-refractivity contribution < 1.29 is 4.79 Å². The Bertz CT molecular complexity index is 407. The average molecular weight is 261 g/mol. The number of carbonyl (C=O) groups is 1. The van der Waals surface area contributed by atoms with Gasteiger partial charge in [0.15, 0.2) is 0 Å². The zero-order valence-corrected chi connectivity index (χ0v) is 11.8. The number of benzene rings is 1. The van der Waals surface area contributed by atoms with Gasteiger partial charge in [0.1, 0.15) is 0 Å². The van der Waals surface area contributed by atoms with Gasteiger partial charge < -0.3 is 10.2 Å². The molecule has 0 aromatic heterocycles. The van der Waals surface area contributed by atoms with E-state index in [1.807, 2.05) is 42.2 Å². The van der Waals surface area contributed by atoms with E-state index in [9.17, 15) is 4.79 Å². The van der Waals surface area contributed by atoms with Crippen LogP contribution in [0.15, 0.2) is 30.3 Å². The van der Waals surface area contributed by atoms with Gasteiger partial charge >= 0.3 is 0 Å². The zero-order chi connectivity index (χ0) is 13.7. The first kappa shape index (κ1) is 14.0. The van der Waals surface area contributed by atoms with E-state index in [0.717, 1.165) is 25.3 Å². The van der Waals surface area contributed by atoms with Gasteiger partial charge in [-0.25, -0.2) is 0 Å². The number of piperazine rings is 1. The minimum atomic E-state index is 0.183. The Morgan fingerprint density at radius 3 is 2.79 bits per heavy atom. The number of hydrogen-bond donors (Lipinski definition) is 1. The van der Waals surface area contributed by atoms with E-state index in [1.54, 1.807) is 0 Å². The number of likely N-dealkylation sites (N-methyl/N-ethyl adjacent to an activating group) is 1. The van der Waals surface area contributed by atoms with Crippen molar-refractivity contribution in [3.8, 4) is 0 Å². The Hall–Kier alpha value is -1.39. The molecule has 4 heteroatoms. The molecule has 1 aliphatic rings. The van der Waals surface area contributed by atoms with Crippen LogP contribution in [0, 0.1) is 0 Å². The molecule has 1 heterocycles. The maximum Gasteiger partial charge on any atom is 0.241 e. The van der Waals surface area contributed by atoms with Crippen LogP contribution in [-0.4, -0.2) is 49.6 Å². The summed E-state index contributed by atoms with van der Waals surface area (Å²) in [5, 5.41) is 3.35. The third kappa shape index (κ3) is 3.55. The Kier molecular flexibility index (Phi) is 4.93. The number of carbonyl (C=O) groups excluding carboxylic acids is 1. The van der Waals surface area contributed by atoms with Crippen LogP contribution in [0.3, 0.4) is 0 Å². The molecule has 0 spiro atoms. The van der Waals surface area contributed by atoms with Crippen LogP contribution in [-0.2, 0) is 4.79 Å². The fraction of sp³-hybridized carbons (Fsp3) is 0.533. The molecule has 2 rings (SSSR count). The van der Waals surface area contributed by atoms with E-state index in [4.69, 9.17) is 0 Å². The highest BCUT2D eigenvalue weighted by molar-refractivity contribution is 5.94. The molecular formula is C15H23N3O. The number of anilines is 1. The first-order valence-corrected chi connectivity index (χ1v) is 7.02. The highest BCUT2D eigenvalue weighted by Gasteiger charge is 2.23. The van der Waals surface area contributed by atoms with Crippen molar-refractivity contribution in [1.82, 2.24) is 10.2 Å². The number of nitrogens with zero attached hydrogens (tertiary/aromatic N) is 2. The lowest BCUT2D eigenvalue weighted by atomic mass is 10.2. The predicted molar refractivity (Wildman–Crippen MR) is 78.4 cm³/mol. The van der Waals surface area contributed by atoms with Gasteiger partial charge in [0.25, 0.3) is 0 Å². The van der Waals surface area contributed by atoms with Crippen molar-refractivity contribution in [2.24, 2.45) is 0 Å². The molecule has 4 nitrogen and oxygen atoms in total. The lowest BCUT2D eigenvalue weighted by Gasteiger charge is -2.34. The van der Waals surface area contributed by atoms with E-state index >= 15 is 0 Å². The molecule has 1 atom stereocenters. The van der Waals surface area contributed by atoms with Crippen LogP contribution in [0.1, 0.15) is 13.8 Å². The maximum absolute atomic E-state index is 12.5. The Balaban J connectivity index is 2.01. The van der Waals surface area contributed by atoms with Gasteiger partial charge in [-0.1, -0.05) is 18.2 Å². The molecule has 1 aromatic rings. The lowest BCUT2D eigenvalue weighted by Crippen LogP contribution is -2.53. The minimum Gasteiger partial charge on any atom is -0.314 e. The second-order valence-corrected chi connectivity index (χ2v) is 5.00. The number of para-hydroxylation sites is 1. The molecule has 0 aliphatic carbocycles. The molecule has 1 fully saturated rings. The van der Waals surface area contributed by atoms with Gasteiger partial charge in [-0.3, -0.25) is 9.69 Å². The van der Waals surface area contributed by atoms with Gasteiger partial charge in [0.05, 0.1) is 6.54 Å². The predicted octanol–water partition coefficient (Wildman–Crippen LogP) is 1.33. The molecule has 104 valence electrons. The highest BCUT2D eigenvalue weighted by atomic mass is 16.2. The van der Waals surface area contributed by atoms with E-state index in [0.29, 0.717) is 19.1 Å². The summed E-state index contributed by atoms with van der Waals surface area (Å²) in [6.07, 6.45) is 0. The van der Waals surface area contributed by atoms with Crippen LogP contribution >= 0.6 is 0 Å². The summed E-state index contributed by atoms with van der Waals surface area (Å²) in [7, 11) is 0. The van der Waals surface area contributed by atoms with Crippen molar-refractivity contribution in [1.29, 1.82) is 0 Å². The average Bonchev–Trinajstić information content (AvgIpc) is 2.43. The largest absolute Gasteiger partial charge is 0.314 e. The standard InChI is InChI=1S/C15H23N3O/c1-3-18(14-7-5-4-6-8-14)15(19)12-17-10-9-16-11-13(17)2/h4-8,13,16H,3,9-12H2,1-2H3. The lowest BCUT2D eigenvalue weighted by molar-refractivity contribution is -0.120. The molecular weight excluding hydrogens is 238 g/mol. The van der Waals surface area contributed by atoms with Crippen LogP contribution in [0.25, 0.3) is 0 Å². The first-order valence-electron chi connectivity index (χ1n) is 7.02. The second kappa shape index (κ2) is 6.68. The molecule has 1 unspecified atom stereocenters. The molecule has 1 aromatic carbocycles. The van der Waals surface area contributed by atoms with Crippen molar-refractivity contribution in [3.05, 3.63) is 30.3 Å². The fourth-order valence-electron chi connectivity index (χ4n) is 2.49. The van der Waals surface area contributed by atoms with E-state index in [2.05, 4.69) is 17.1 Å². The van der Waals surface area contributed by atoms with Gasteiger partial charge in [-0.15, -0.1) is 0 Å². The summed E-state index contributed by atoms with van der Waals surface area (Å²) in [5.74, 6) is 0.183. The molecule has 1 saturated heterocycles. The molecule has 1 aliphatic heterocycles. The number of rotatable bonds is 4. The number of amides is 1. The molecule has 19 heavy (non-hydrogen) atoms. The van der Waals surface area contributed by atoms with Gasteiger partial charge in [0.2, 0.25) is 5.91 Å². The normalized spacial score (nSPS) is 20.2. The maximum atomic E-state index is 12.5. The third-order valence-electron chi connectivity index (χ3n) is 3.66. The molecule has 1 N–H and O–H groups in total. The summed E-state index contributed by atoms with van der Waals surface area (Å²) < 4.78 is 0. The van der Waals surface area contributed by atoms with Gasteiger partial charge in [0, 0.05) is 37.9 Å². The van der Waals surface area contributed by atoms with Crippen LogP contribution in [0.5, 0.6) is 0 Å². The quantitative estimate of drug-likeness (QED) is 0.888. The van der Waals surface area contributed by atoms with Gasteiger partial charge in [-0.05, 0) is 26.0 Å². The molecule has 0 bridgehead atoms. The summed E-state index contributed by atoms with van der Waals surface area (Å²) in [6.45, 7) is 8.28. The molecule has 0 saturated carbocycles. The third-order valence-corrected chi connectivity index (χ3v) is 3.66. The van der Waals surface area contributed by atoms with Crippen molar-refractivity contribution in [3.63, 3.8) is 0 Å². The summed E-state index contributed by atoms with van der Waals surface area (Å²) >= 11 is 0. The van der Waals surface area contributed by atoms with Crippen molar-refractivity contribution >= 4 is 11.6 Å². The zero-order valence-electron chi connectivity index (χ0n) is 11.8. The second-order valence-electron chi connectivity index (χ2n) is 5.00. The number of hydrogen-bond acceptors (Lipinski definition) is 3. The Morgan fingerprint density at radius 1 is 1.42 bits per heavy atom. The van der Waals surface area contributed by atoms with E-state index in [-0.39, 0.29) is 5.91 Å². The minimum absolute atomic E-state index is 0.183.